The first-order chi connectivity index (χ1) is 14.6. The summed E-state index contributed by atoms with van der Waals surface area (Å²) in [5.74, 6) is -5.15. The molecule has 0 rings (SSSR count). The van der Waals surface area contributed by atoms with Crippen molar-refractivity contribution in [1.82, 2.24) is 16.0 Å². The van der Waals surface area contributed by atoms with E-state index in [-0.39, 0.29) is 25.0 Å². The lowest BCUT2D eigenvalue weighted by Gasteiger charge is -2.23. The van der Waals surface area contributed by atoms with Crippen LogP contribution in [0, 0.1) is 0 Å². The van der Waals surface area contributed by atoms with E-state index in [1.807, 2.05) is 0 Å². The van der Waals surface area contributed by atoms with Gasteiger partial charge in [0.05, 0.1) is 12.6 Å². The van der Waals surface area contributed by atoms with Gasteiger partial charge in [-0.25, -0.2) is 4.79 Å². The minimum Gasteiger partial charge on any atom is -0.481 e. The zero-order chi connectivity index (χ0) is 24.0. The first-order valence-corrected chi connectivity index (χ1v) is 10.2. The molecule has 4 atom stereocenters. The molecule has 0 aliphatic carbocycles. The van der Waals surface area contributed by atoms with Gasteiger partial charge in [-0.05, 0) is 32.2 Å². The van der Waals surface area contributed by atoms with Crippen molar-refractivity contribution in [2.24, 2.45) is 11.5 Å². The van der Waals surface area contributed by atoms with Gasteiger partial charge in [0.2, 0.25) is 17.7 Å². The molecule has 0 saturated carbocycles. The van der Waals surface area contributed by atoms with Crippen LogP contribution in [-0.2, 0) is 24.0 Å². The number of nitrogens with two attached hydrogens (primary N) is 2. The van der Waals surface area contributed by atoms with E-state index in [0.29, 0.717) is 19.4 Å². The maximum Gasteiger partial charge on any atom is 0.326 e. The normalized spacial score (nSPS) is 14.6. The third-order valence-electron chi connectivity index (χ3n) is 4.20. The highest BCUT2D eigenvalue weighted by Gasteiger charge is 2.29. The maximum absolute atomic E-state index is 12.4. The average molecular weight is 466 g/mol. The van der Waals surface area contributed by atoms with Gasteiger partial charge in [0.25, 0.3) is 0 Å². The molecule has 13 nitrogen and oxygen atoms in total. The van der Waals surface area contributed by atoms with E-state index in [4.69, 9.17) is 16.6 Å². The van der Waals surface area contributed by atoms with E-state index in [0.717, 1.165) is 0 Å². The highest BCUT2D eigenvalue weighted by molar-refractivity contribution is 7.80. The number of carbonyl (C=O) groups is 5. The number of nitrogens with one attached hydrogen (secondary N) is 3. The Morgan fingerprint density at radius 3 is 1.87 bits per heavy atom. The zero-order valence-corrected chi connectivity index (χ0v) is 17.8. The highest BCUT2D eigenvalue weighted by atomic mass is 32.1. The Kier molecular flexibility index (Phi) is 14.2. The molecular formula is C17H31N5O8S. The van der Waals surface area contributed by atoms with Crippen LogP contribution in [0.15, 0.2) is 0 Å². The van der Waals surface area contributed by atoms with Gasteiger partial charge in [-0.2, -0.15) is 12.6 Å². The van der Waals surface area contributed by atoms with Crippen LogP contribution in [-0.4, -0.2) is 88.1 Å². The van der Waals surface area contributed by atoms with Crippen LogP contribution in [0.2, 0.25) is 0 Å². The van der Waals surface area contributed by atoms with E-state index < -0.39 is 60.4 Å². The maximum atomic E-state index is 12.4. The van der Waals surface area contributed by atoms with Gasteiger partial charge < -0.3 is 42.7 Å². The minimum atomic E-state index is -1.47. The lowest BCUT2D eigenvalue weighted by molar-refractivity contribution is -0.143. The van der Waals surface area contributed by atoms with Crippen molar-refractivity contribution in [3.63, 3.8) is 0 Å². The van der Waals surface area contributed by atoms with Gasteiger partial charge in [0.1, 0.15) is 18.1 Å². The van der Waals surface area contributed by atoms with Crippen molar-refractivity contribution < 1.29 is 39.3 Å². The van der Waals surface area contributed by atoms with Crippen molar-refractivity contribution in [3.05, 3.63) is 0 Å². The van der Waals surface area contributed by atoms with Crippen molar-refractivity contribution in [2.75, 3.05) is 18.9 Å². The summed E-state index contributed by atoms with van der Waals surface area (Å²) in [6.07, 6.45) is 0.658. The molecule has 178 valence electrons. The molecule has 0 bridgehead atoms. The second-order valence-corrected chi connectivity index (χ2v) is 7.08. The molecular weight excluding hydrogens is 434 g/mol. The van der Waals surface area contributed by atoms with Crippen LogP contribution in [0.5, 0.6) is 0 Å². The van der Waals surface area contributed by atoms with Crippen molar-refractivity contribution in [3.8, 4) is 0 Å². The van der Waals surface area contributed by atoms with Crippen molar-refractivity contribution in [2.45, 2.75) is 56.3 Å². The summed E-state index contributed by atoms with van der Waals surface area (Å²) in [5, 5.41) is 34.0. The molecule has 0 aliphatic heterocycles. The van der Waals surface area contributed by atoms with Gasteiger partial charge in [0.15, 0.2) is 0 Å². The molecule has 0 radical (unpaired) electrons. The van der Waals surface area contributed by atoms with Gasteiger partial charge in [0, 0.05) is 12.2 Å². The lowest BCUT2D eigenvalue weighted by Crippen LogP contribution is -2.58. The summed E-state index contributed by atoms with van der Waals surface area (Å²) >= 11 is 3.95. The Bertz CT molecular complexity index is 636. The third-order valence-corrected chi connectivity index (χ3v) is 4.56. The largest absolute Gasteiger partial charge is 0.481 e. The summed E-state index contributed by atoms with van der Waals surface area (Å²) in [7, 11) is 0. The predicted molar refractivity (Wildman–Crippen MR) is 112 cm³/mol. The number of carboxylic acid groups (broad SMARTS) is 2. The monoisotopic (exact) mass is 465 g/mol. The highest BCUT2D eigenvalue weighted by Crippen LogP contribution is 2.02. The summed E-state index contributed by atoms with van der Waals surface area (Å²) in [6, 6.07) is -5.09. The topological polar surface area (TPSA) is 234 Å². The van der Waals surface area contributed by atoms with Gasteiger partial charge in [-0.3, -0.25) is 19.2 Å². The van der Waals surface area contributed by atoms with Crippen LogP contribution in [0.4, 0.5) is 0 Å². The number of hydrogen-bond acceptors (Lipinski definition) is 9. The Balaban J connectivity index is 4.91. The number of aliphatic hydroxyl groups excluding tert-OH is 1. The number of unbranched alkanes of at least 4 members (excludes halogenated alkanes) is 1. The SMILES string of the molecule is NCCCCC(NC(=O)C(CO)NC(=O)C(CS)NC(=O)C(N)CCC(=O)O)C(=O)O. The Labute approximate surface area is 184 Å². The Morgan fingerprint density at radius 1 is 0.839 bits per heavy atom. The molecule has 31 heavy (non-hydrogen) atoms. The predicted octanol–water partition coefficient (Wildman–Crippen LogP) is -3.23. The van der Waals surface area contributed by atoms with E-state index in [2.05, 4.69) is 28.6 Å². The molecule has 3 amide bonds. The number of carbonyl (C=O) groups excluding carboxylic acids is 3. The zero-order valence-electron chi connectivity index (χ0n) is 17.0. The smallest absolute Gasteiger partial charge is 0.326 e. The van der Waals surface area contributed by atoms with Crippen LogP contribution in [0.1, 0.15) is 32.1 Å². The molecule has 4 unspecified atom stereocenters. The molecule has 0 fully saturated rings. The number of rotatable bonds is 16. The van der Waals surface area contributed by atoms with E-state index in [1.165, 1.54) is 0 Å². The van der Waals surface area contributed by atoms with Crippen LogP contribution in [0.25, 0.3) is 0 Å². The number of amides is 3. The number of aliphatic carboxylic acids is 2. The molecule has 0 aromatic heterocycles. The first kappa shape index (κ1) is 28.6. The van der Waals surface area contributed by atoms with Gasteiger partial charge in [-0.1, -0.05) is 0 Å². The van der Waals surface area contributed by atoms with E-state index >= 15 is 0 Å². The average Bonchev–Trinajstić information content (AvgIpc) is 2.72. The summed E-state index contributed by atoms with van der Waals surface area (Å²) < 4.78 is 0. The third kappa shape index (κ3) is 11.5. The molecule has 0 spiro atoms. The standard InChI is InChI=1S/C17H31N5O8S/c18-6-2-1-3-10(17(29)30)20-15(27)11(7-23)21-16(28)12(8-31)22-14(26)9(19)4-5-13(24)25/h9-12,23,31H,1-8,18-19H2,(H,20,27)(H,21,28)(H,22,26)(H,24,25)(H,29,30). The number of hydrogen-bond donors (Lipinski definition) is 9. The summed E-state index contributed by atoms with van der Waals surface area (Å²) in [4.78, 5) is 58.5. The fourth-order valence-corrected chi connectivity index (χ4v) is 2.63. The molecule has 0 aromatic rings. The second kappa shape index (κ2) is 15.4. The molecule has 0 aliphatic rings. The van der Waals surface area contributed by atoms with Crippen molar-refractivity contribution >= 4 is 42.3 Å². The Morgan fingerprint density at radius 2 is 1.39 bits per heavy atom. The number of carboxylic acids is 2. The number of aliphatic hydroxyl groups is 1. The van der Waals surface area contributed by atoms with Crippen LogP contribution < -0.4 is 27.4 Å². The lowest BCUT2D eigenvalue weighted by atomic mass is 10.1. The summed E-state index contributed by atoms with van der Waals surface area (Å²) in [5.41, 5.74) is 10.9. The first-order valence-electron chi connectivity index (χ1n) is 9.60. The van der Waals surface area contributed by atoms with E-state index in [9.17, 15) is 34.2 Å². The second-order valence-electron chi connectivity index (χ2n) is 6.71. The molecule has 0 heterocycles. The quantitative estimate of drug-likeness (QED) is 0.0816. The molecule has 0 saturated heterocycles. The minimum absolute atomic E-state index is 0.119. The summed E-state index contributed by atoms with van der Waals surface area (Å²) in [6.45, 7) is -0.454. The van der Waals surface area contributed by atoms with E-state index in [1.54, 1.807) is 0 Å². The molecule has 14 heteroatoms. The molecule has 0 aromatic carbocycles. The number of thiol groups is 1. The molecule has 10 N–H and O–H groups in total. The fraction of sp³-hybridized carbons (Fsp3) is 0.706. The fourth-order valence-electron chi connectivity index (χ4n) is 2.37. The van der Waals surface area contributed by atoms with Gasteiger partial charge >= 0.3 is 11.9 Å². The van der Waals surface area contributed by atoms with Crippen LogP contribution >= 0.6 is 12.6 Å². The van der Waals surface area contributed by atoms with Crippen molar-refractivity contribution in [1.29, 1.82) is 0 Å². The Hall–Kier alpha value is -2.42. The van der Waals surface area contributed by atoms with Crippen LogP contribution in [0.3, 0.4) is 0 Å². The van der Waals surface area contributed by atoms with Gasteiger partial charge in [-0.15, -0.1) is 0 Å².